The molecule has 0 heterocycles. The van der Waals surface area contributed by atoms with Crippen LogP contribution in [-0.2, 0) is 12.8 Å². The van der Waals surface area contributed by atoms with Gasteiger partial charge in [-0.2, -0.15) is 5.26 Å². The van der Waals surface area contributed by atoms with Crippen LogP contribution < -0.4 is 0 Å². The average molecular weight is 511 g/mol. The third-order valence-corrected chi connectivity index (χ3v) is 7.52. The van der Waals surface area contributed by atoms with E-state index in [0.29, 0.717) is 11.3 Å². The van der Waals surface area contributed by atoms with Crippen molar-refractivity contribution in [2.24, 2.45) is 0 Å². The first kappa shape index (κ1) is 27.9. The van der Waals surface area contributed by atoms with Crippen LogP contribution in [0.4, 0.5) is 5.69 Å². The molecule has 0 saturated carbocycles. The molecule has 4 aromatic rings. The maximum atomic E-state index is 8.95. The topological polar surface area (TPSA) is 28.1 Å². The Labute approximate surface area is 234 Å². The highest BCUT2D eigenvalue weighted by molar-refractivity contribution is 5.66. The number of hydrogen-bond acceptors (Lipinski definition) is 1. The molecule has 0 aromatic heterocycles. The molecule has 0 aliphatic heterocycles. The van der Waals surface area contributed by atoms with Crippen molar-refractivity contribution < 1.29 is 0 Å². The Morgan fingerprint density at radius 1 is 0.462 bits per heavy atom. The van der Waals surface area contributed by atoms with Crippen molar-refractivity contribution in [1.82, 2.24) is 0 Å². The van der Waals surface area contributed by atoms with Crippen LogP contribution >= 0.6 is 0 Å². The van der Waals surface area contributed by atoms with Crippen molar-refractivity contribution in [3.05, 3.63) is 125 Å². The van der Waals surface area contributed by atoms with Gasteiger partial charge in [0.2, 0.25) is 0 Å². The van der Waals surface area contributed by atoms with Gasteiger partial charge in [-0.15, -0.1) is 0 Å². The number of unbranched alkanes of at least 4 members (excludes halogenated alkanes) is 8. The van der Waals surface area contributed by atoms with E-state index in [4.69, 9.17) is 11.8 Å². The van der Waals surface area contributed by atoms with Gasteiger partial charge in [0.1, 0.15) is 0 Å². The number of rotatable bonds is 14. The van der Waals surface area contributed by atoms with Crippen molar-refractivity contribution in [3.63, 3.8) is 0 Å². The second kappa shape index (κ2) is 15.3. The van der Waals surface area contributed by atoms with Crippen LogP contribution in [0.2, 0.25) is 0 Å². The van der Waals surface area contributed by atoms with Crippen LogP contribution in [0.3, 0.4) is 0 Å². The molecule has 0 spiro atoms. The summed E-state index contributed by atoms with van der Waals surface area (Å²) in [6, 6.07) is 35.6. The molecule has 4 aromatic carbocycles. The lowest BCUT2D eigenvalue weighted by Crippen LogP contribution is -1.88. The smallest absolute Gasteiger partial charge is 0.187 e. The first-order valence-electron chi connectivity index (χ1n) is 14.4. The molecule has 0 fully saturated rings. The predicted octanol–water partition coefficient (Wildman–Crippen LogP) is 10.7. The molecule has 0 aliphatic carbocycles. The molecule has 0 atom stereocenters. The number of nitriles is 1. The van der Waals surface area contributed by atoms with E-state index in [9.17, 15) is 0 Å². The zero-order chi connectivity index (χ0) is 27.1. The maximum absolute atomic E-state index is 8.95. The van der Waals surface area contributed by atoms with E-state index >= 15 is 0 Å². The van der Waals surface area contributed by atoms with Gasteiger partial charge in [0.05, 0.1) is 18.2 Å². The van der Waals surface area contributed by atoms with E-state index in [1.807, 2.05) is 48.5 Å². The fourth-order valence-electron chi connectivity index (χ4n) is 5.09. The summed E-state index contributed by atoms with van der Waals surface area (Å²) in [6.07, 6.45) is 14.2. The fourth-order valence-corrected chi connectivity index (χ4v) is 5.09. The second-order valence-corrected chi connectivity index (χ2v) is 10.4. The van der Waals surface area contributed by atoms with Crippen molar-refractivity contribution in [2.75, 3.05) is 0 Å². The summed E-state index contributed by atoms with van der Waals surface area (Å²) in [4.78, 5) is 3.46. The summed E-state index contributed by atoms with van der Waals surface area (Å²) in [6.45, 7) is 7.08. The summed E-state index contributed by atoms with van der Waals surface area (Å²) in [7, 11) is 0. The van der Waals surface area contributed by atoms with Gasteiger partial charge in [-0.1, -0.05) is 130 Å². The molecular weight excluding hydrogens is 472 g/mol. The third kappa shape index (κ3) is 8.98. The summed E-state index contributed by atoms with van der Waals surface area (Å²) >= 11 is 0. The molecular formula is C37H38N2. The molecule has 0 saturated heterocycles. The molecule has 0 N–H and O–H groups in total. The van der Waals surface area contributed by atoms with Gasteiger partial charge < -0.3 is 0 Å². The zero-order valence-corrected chi connectivity index (χ0v) is 22.9. The molecule has 0 unspecified atom stereocenters. The fraction of sp³-hybridized carbons (Fsp3) is 0.297. The van der Waals surface area contributed by atoms with E-state index in [2.05, 4.69) is 59.4 Å². The van der Waals surface area contributed by atoms with Crippen molar-refractivity contribution in [1.29, 1.82) is 5.26 Å². The normalized spacial score (nSPS) is 10.6. The van der Waals surface area contributed by atoms with E-state index in [-0.39, 0.29) is 0 Å². The minimum absolute atomic E-state index is 0.690. The highest BCUT2D eigenvalue weighted by atomic mass is 14.6. The number of aryl methyl sites for hydroxylation is 2. The van der Waals surface area contributed by atoms with Gasteiger partial charge in [0, 0.05) is 0 Å². The quantitative estimate of drug-likeness (QED) is 0.122. The van der Waals surface area contributed by atoms with Crippen LogP contribution in [0, 0.1) is 17.9 Å². The molecule has 196 valence electrons. The largest absolute Gasteiger partial charge is 0.238 e. The van der Waals surface area contributed by atoms with E-state index in [1.165, 1.54) is 85.6 Å². The lowest BCUT2D eigenvalue weighted by atomic mass is 9.99. The van der Waals surface area contributed by atoms with Gasteiger partial charge in [-0.05, 0) is 71.2 Å². The Kier molecular flexibility index (Phi) is 10.9. The Morgan fingerprint density at radius 3 is 1.15 bits per heavy atom. The van der Waals surface area contributed by atoms with Crippen LogP contribution in [0.25, 0.3) is 27.1 Å². The van der Waals surface area contributed by atoms with Gasteiger partial charge in [-0.3, -0.25) is 0 Å². The SMILES string of the molecule is [C-]#[N+]c1ccc(-c2ccc(CCCCCCCCCCCc3ccc(-c4ccc(C#N)cc4)cc3)cc2)cc1. The highest BCUT2D eigenvalue weighted by Gasteiger charge is 2.01. The number of hydrogen-bond donors (Lipinski definition) is 0. The Balaban J connectivity index is 1.01. The lowest BCUT2D eigenvalue weighted by molar-refractivity contribution is 0.558. The standard InChI is InChI=1S/C37H38N2/c1-39-37-27-25-36(26-28-37)34-21-15-31(16-22-34)12-10-8-6-4-2-3-5-7-9-11-30-13-19-33(20-14-30)35-23-17-32(29-38)18-24-35/h13-28H,2-12H2. The average Bonchev–Trinajstić information content (AvgIpc) is 3.00. The summed E-state index contributed by atoms with van der Waals surface area (Å²) in [5.41, 5.74) is 8.98. The van der Waals surface area contributed by atoms with Crippen LogP contribution in [0.1, 0.15) is 74.5 Å². The van der Waals surface area contributed by atoms with Crippen LogP contribution in [-0.4, -0.2) is 0 Å². The first-order chi connectivity index (χ1) is 19.2. The highest BCUT2D eigenvalue weighted by Crippen LogP contribution is 2.24. The molecule has 0 radical (unpaired) electrons. The van der Waals surface area contributed by atoms with Crippen molar-refractivity contribution >= 4 is 5.69 Å². The molecule has 39 heavy (non-hydrogen) atoms. The molecule has 0 amide bonds. The first-order valence-corrected chi connectivity index (χ1v) is 14.4. The maximum Gasteiger partial charge on any atom is 0.187 e. The molecule has 0 aliphatic rings. The molecule has 4 rings (SSSR count). The van der Waals surface area contributed by atoms with Gasteiger partial charge in [0.15, 0.2) is 5.69 Å². The Bertz CT molecular complexity index is 1240. The summed E-state index contributed by atoms with van der Waals surface area (Å²) in [5, 5.41) is 8.95. The van der Waals surface area contributed by atoms with E-state index < -0.39 is 0 Å². The Hall–Kier alpha value is -4.14. The minimum atomic E-state index is 0.690. The van der Waals surface area contributed by atoms with Crippen LogP contribution in [0.5, 0.6) is 0 Å². The summed E-state index contributed by atoms with van der Waals surface area (Å²) < 4.78 is 0. The zero-order valence-electron chi connectivity index (χ0n) is 22.9. The summed E-state index contributed by atoms with van der Waals surface area (Å²) in [5.74, 6) is 0. The van der Waals surface area contributed by atoms with E-state index in [1.54, 1.807) is 0 Å². The number of nitrogens with zero attached hydrogens (tertiary/aromatic N) is 2. The van der Waals surface area contributed by atoms with Gasteiger partial charge in [-0.25, -0.2) is 4.85 Å². The van der Waals surface area contributed by atoms with Gasteiger partial charge in [0.25, 0.3) is 0 Å². The second-order valence-electron chi connectivity index (χ2n) is 10.4. The molecule has 2 nitrogen and oxygen atoms in total. The monoisotopic (exact) mass is 510 g/mol. The van der Waals surface area contributed by atoms with Crippen molar-refractivity contribution in [3.8, 4) is 28.3 Å². The third-order valence-electron chi connectivity index (χ3n) is 7.52. The number of benzene rings is 4. The van der Waals surface area contributed by atoms with Crippen LogP contribution in [0.15, 0.2) is 97.1 Å². The lowest BCUT2D eigenvalue weighted by Gasteiger charge is -2.06. The van der Waals surface area contributed by atoms with Gasteiger partial charge >= 0.3 is 0 Å². The minimum Gasteiger partial charge on any atom is -0.238 e. The molecule has 2 heteroatoms. The van der Waals surface area contributed by atoms with Crippen molar-refractivity contribution in [2.45, 2.75) is 70.6 Å². The Morgan fingerprint density at radius 2 is 0.795 bits per heavy atom. The van der Waals surface area contributed by atoms with E-state index in [0.717, 1.165) is 18.4 Å². The molecule has 0 bridgehead atoms. The predicted molar refractivity (Wildman–Crippen MR) is 164 cm³/mol.